The molecule has 1 aliphatic carbocycles. The number of aromatic nitrogens is 5. The number of carbonyl (C=O) groups excluding carboxylic acids is 2. The Kier molecular flexibility index (Phi) is 5.99. The summed E-state index contributed by atoms with van der Waals surface area (Å²) in [5.41, 5.74) is 0.832. The van der Waals surface area contributed by atoms with Gasteiger partial charge in [-0.2, -0.15) is 5.10 Å². The molecule has 4 aromatic rings. The summed E-state index contributed by atoms with van der Waals surface area (Å²) >= 11 is 0. The lowest BCUT2D eigenvalue weighted by Crippen LogP contribution is -2.50. The highest BCUT2D eigenvalue weighted by Crippen LogP contribution is 2.33. The summed E-state index contributed by atoms with van der Waals surface area (Å²) in [5.74, 6) is 0.103. The Hall–Kier alpha value is -4.38. The van der Waals surface area contributed by atoms with Gasteiger partial charge in [-0.1, -0.05) is 0 Å². The van der Waals surface area contributed by atoms with Gasteiger partial charge in [-0.05, 0) is 62.1 Å². The van der Waals surface area contributed by atoms with Gasteiger partial charge in [-0.25, -0.2) is 9.67 Å². The number of benzene rings is 1. The fourth-order valence-electron chi connectivity index (χ4n) is 4.85. The largest absolute Gasteiger partial charge is 0.388 e. The number of piperidine rings is 1. The quantitative estimate of drug-likeness (QED) is 0.403. The molecule has 1 saturated heterocycles. The molecule has 6 rings (SSSR count). The molecule has 0 radical (unpaired) electrons. The Morgan fingerprint density at radius 2 is 1.76 bits per heavy atom. The van der Waals surface area contributed by atoms with Crippen molar-refractivity contribution in [3.05, 3.63) is 77.2 Å². The molecule has 2 N–H and O–H groups in total. The third-order valence-corrected chi connectivity index (χ3v) is 7.26. The summed E-state index contributed by atoms with van der Waals surface area (Å²) < 4.78 is 2.98. The van der Waals surface area contributed by atoms with Crippen molar-refractivity contribution in [1.29, 1.82) is 0 Å². The Morgan fingerprint density at radius 1 is 1.05 bits per heavy atom. The van der Waals surface area contributed by atoms with E-state index in [4.69, 9.17) is 0 Å². The van der Waals surface area contributed by atoms with E-state index in [1.165, 1.54) is 17.1 Å². The van der Waals surface area contributed by atoms with Gasteiger partial charge in [0.2, 0.25) is 5.91 Å². The maximum Gasteiger partial charge on any atom is 0.264 e. The van der Waals surface area contributed by atoms with Crippen molar-refractivity contribution < 1.29 is 14.7 Å². The van der Waals surface area contributed by atoms with Crippen LogP contribution in [0.15, 0.2) is 66.1 Å². The number of amides is 2. The standard InChI is InChI=1S/C27H27N7O4/c35-24(18-7-11-28-12-8-18)31-20-3-5-21(6-4-20)34-23-22(15-30-34)26(37)33(17-29-23)16-27(38)9-13-32(14-10-27)25(36)19-1-2-19/h3-8,11-12,15,17,19,38H,1-2,9-10,13-14,16H2,(H,31,35). The first-order valence-corrected chi connectivity index (χ1v) is 12.7. The molecule has 1 saturated carbocycles. The summed E-state index contributed by atoms with van der Waals surface area (Å²) in [6.45, 7) is 1.09. The Balaban J connectivity index is 1.16. The van der Waals surface area contributed by atoms with Crippen molar-refractivity contribution in [1.82, 2.24) is 29.2 Å². The van der Waals surface area contributed by atoms with Crippen LogP contribution in [0.25, 0.3) is 16.7 Å². The number of nitrogens with one attached hydrogen (secondary N) is 1. The number of carbonyl (C=O) groups is 2. The molecule has 11 nitrogen and oxygen atoms in total. The lowest BCUT2D eigenvalue weighted by molar-refractivity contribution is -0.137. The molecular formula is C27H27N7O4. The maximum absolute atomic E-state index is 13.2. The van der Waals surface area contributed by atoms with Gasteiger partial charge in [0.05, 0.1) is 24.0 Å². The topological polar surface area (TPSA) is 135 Å². The molecule has 0 spiro atoms. The molecular weight excluding hydrogens is 486 g/mol. The van der Waals surface area contributed by atoms with Crippen molar-refractivity contribution in [3.63, 3.8) is 0 Å². The summed E-state index contributed by atoms with van der Waals surface area (Å²) in [6.07, 6.45) is 8.78. The van der Waals surface area contributed by atoms with Gasteiger partial charge < -0.3 is 15.3 Å². The van der Waals surface area contributed by atoms with Crippen LogP contribution in [0.5, 0.6) is 0 Å². The molecule has 0 unspecified atom stereocenters. The summed E-state index contributed by atoms with van der Waals surface area (Å²) in [7, 11) is 0. The van der Waals surface area contributed by atoms with Crippen molar-refractivity contribution in [2.75, 3.05) is 18.4 Å². The Labute approximate surface area is 217 Å². The first kappa shape index (κ1) is 24.0. The maximum atomic E-state index is 13.2. The van der Waals surface area contributed by atoms with Crippen LogP contribution >= 0.6 is 0 Å². The third kappa shape index (κ3) is 4.68. The molecule has 194 valence electrons. The van der Waals surface area contributed by atoms with Gasteiger partial charge >= 0.3 is 0 Å². The number of hydrogen-bond donors (Lipinski definition) is 2. The number of rotatable bonds is 6. The number of likely N-dealkylation sites (tertiary alicyclic amines) is 1. The lowest BCUT2D eigenvalue weighted by atomic mass is 9.91. The first-order valence-electron chi connectivity index (χ1n) is 12.7. The van der Waals surface area contributed by atoms with Crippen LogP contribution in [0.2, 0.25) is 0 Å². The van der Waals surface area contributed by atoms with Gasteiger partial charge in [0.1, 0.15) is 11.7 Å². The number of pyridine rings is 1. The van der Waals surface area contributed by atoms with E-state index in [1.54, 1.807) is 53.5 Å². The van der Waals surface area contributed by atoms with Gasteiger partial charge in [0, 0.05) is 42.7 Å². The summed E-state index contributed by atoms with van der Waals surface area (Å²) in [6, 6.07) is 10.3. The number of anilines is 1. The van der Waals surface area contributed by atoms with Gasteiger partial charge in [0.25, 0.3) is 11.5 Å². The average molecular weight is 514 g/mol. The van der Waals surface area contributed by atoms with Crippen LogP contribution in [0.1, 0.15) is 36.0 Å². The number of aliphatic hydroxyl groups is 1. The minimum Gasteiger partial charge on any atom is -0.388 e. The smallest absolute Gasteiger partial charge is 0.264 e. The highest BCUT2D eigenvalue weighted by molar-refractivity contribution is 6.04. The Bertz CT molecular complexity index is 1550. The van der Waals surface area contributed by atoms with E-state index in [-0.39, 0.29) is 29.8 Å². The van der Waals surface area contributed by atoms with Crippen LogP contribution in [0.4, 0.5) is 5.69 Å². The van der Waals surface area contributed by atoms with Crippen molar-refractivity contribution in [2.24, 2.45) is 5.92 Å². The minimum absolute atomic E-state index is 0.108. The molecule has 1 aliphatic heterocycles. The minimum atomic E-state index is -1.08. The van der Waals surface area contributed by atoms with E-state index in [2.05, 4.69) is 20.4 Å². The first-order chi connectivity index (χ1) is 18.4. The second-order valence-corrected chi connectivity index (χ2v) is 10.0. The highest BCUT2D eigenvalue weighted by atomic mass is 16.3. The molecule has 0 bridgehead atoms. The molecule has 1 aromatic carbocycles. The SMILES string of the molecule is O=C(Nc1ccc(-n2ncc3c(=O)n(CC4(O)CCN(C(=O)C5CC5)CC4)cnc32)cc1)c1ccncc1. The second kappa shape index (κ2) is 9.49. The van der Waals surface area contributed by atoms with Gasteiger partial charge in [0.15, 0.2) is 5.65 Å². The van der Waals surface area contributed by atoms with Crippen LogP contribution < -0.4 is 10.9 Å². The van der Waals surface area contributed by atoms with Crippen molar-refractivity contribution >= 4 is 28.5 Å². The molecule has 2 fully saturated rings. The van der Waals surface area contributed by atoms with Crippen LogP contribution in [0.3, 0.4) is 0 Å². The van der Waals surface area contributed by atoms with Gasteiger partial charge in [-0.3, -0.25) is 23.9 Å². The zero-order chi connectivity index (χ0) is 26.3. The predicted molar refractivity (Wildman–Crippen MR) is 139 cm³/mol. The second-order valence-electron chi connectivity index (χ2n) is 10.0. The molecule has 2 amide bonds. The summed E-state index contributed by atoms with van der Waals surface area (Å²) in [4.78, 5) is 48.1. The molecule has 3 aromatic heterocycles. The Morgan fingerprint density at radius 3 is 2.45 bits per heavy atom. The normalized spacial score (nSPS) is 16.9. The third-order valence-electron chi connectivity index (χ3n) is 7.26. The van der Waals surface area contributed by atoms with E-state index in [9.17, 15) is 19.5 Å². The van der Waals surface area contributed by atoms with E-state index < -0.39 is 5.60 Å². The lowest BCUT2D eigenvalue weighted by Gasteiger charge is -2.38. The molecule has 11 heteroatoms. The van der Waals surface area contributed by atoms with Crippen molar-refractivity contribution in [3.8, 4) is 5.69 Å². The predicted octanol–water partition coefficient (Wildman–Crippen LogP) is 1.99. The fourth-order valence-corrected chi connectivity index (χ4v) is 4.85. The highest BCUT2D eigenvalue weighted by Gasteiger charge is 2.39. The molecule has 2 aliphatic rings. The van der Waals surface area contributed by atoms with E-state index in [0.717, 1.165) is 12.8 Å². The summed E-state index contributed by atoms with van der Waals surface area (Å²) in [5, 5.41) is 18.7. The number of nitrogens with zero attached hydrogens (tertiary/aromatic N) is 6. The number of hydrogen-bond acceptors (Lipinski definition) is 7. The van der Waals surface area contributed by atoms with E-state index >= 15 is 0 Å². The zero-order valence-corrected chi connectivity index (χ0v) is 20.7. The van der Waals surface area contributed by atoms with Crippen molar-refractivity contribution in [2.45, 2.75) is 37.8 Å². The molecule has 4 heterocycles. The van der Waals surface area contributed by atoms with Crippen LogP contribution in [-0.2, 0) is 11.3 Å². The van der Waals surface area contributed by atoms with Crippen LogP contribution in [0, 0.1) is 5.92 Å². The average Bonchev–Trinajstić information content (AvgIpc) is 3.70. The fraction of sp³-hybridized carbons (Fsp3) is 0.333. The van der Waals surface area contributed by atoms with E-state index in [1.807, 2.05) is 4.90 Å². The zero-order valence-electron chi connectivity index (χ0n) is 20.7. The van der Waals surface area contributed by atoms with Crippen LogP contribution in [-0.4, -0.2) is 64.8 Å². The number of fused-ring (bicyclic) bond motifs is 1. The molecule has 38 heavy (non-hydrogen) atoms. The monoisotopic (exact) mass is 513 g/mol. The molecule has 0 atom stereocenters. The van der Waals surface area contributed by atoms with Gasteiger partial charge in [-0.15, -0.1) is 0 Å². The van der Waals surface area contributed by atoms with E-state index in [0.29, 0.717) is 53.9 Å².